The smallest absolute Gasteiger partial charge is 0.191 e. The summed E-state index contributed by atoms with van der Waals surface area (Å²) in [5, 5.41) is 6.90. The second-order valence-electron chi connectivity index (χ2n) is 7.05. The Labute approximate surface area is 162 Å². The fourth-order valence-electron chi connectivity index (χ4n) is 3.85. The second-order valence-corrected chi connectivity index (χ2v) is 7.05. The monoisotopic (exact) mass is 368 g/mol. The fraction of sp³-hybridized carbons (Fsp3) is 0.524. The number of aromatic nitrogens is 2. The van der Waals surface area contributed by atoms with E-state index in [1.807, 2.05) is 24.1 Å². The van der Waals surface area contributed by atoms with Crippen molar-refractivity contribution in [2.45, 2.75) is 45.2 Å². The van der Waals surface area contributed by atoms with Crippen LogP contribution in [0.2, 0.25) is 0 Å². The lowest BCUT2D eigenvalue weighted by atomic mass is 10.0. The van der Waals surface area contributed by atoms with Crippen molar-refractivity contribution >= 4 is 5.96 Å². The largest absolute Gasteiger partial charge is 0.355 e. The third-order valence-corrected chi connectivity index (χ3v) is 5.36. The van der Waals surface area contributed by atoms with E-state index in [1.165, 1.54) is 37.8 Å². The molecule has 0 amide bonds. The van der Waals surface area contributed by atoms with Crippen LogP contribution in [-0.4, -0.2) is 53.1 Å². The molecule has 6 nitrogen and oxygen atoms in total. The van der Waals surface area contributed by atoms with Gasteiger partial charge in [0, 0.05) is 45.1 Å². The number of piperidine rings is 1. The van der Waals surface area contributed by atoms with Crippen LogP contribution in [0.1, 0.15) is 38.2 Å². The minimum Gasteiger partial charge on any atom is -0.355 e. The molecule has 1 aromatic heterocycles. The highest BCUT2D eigenvalue weighted by atomic mass is 15.2. The summed E-state index contributed by atoms with van der Waals surface area (Å²) < 4.78 is 2.04. The first-order valence-electron chi connectivity index (χ1n) is 10.1. The number of benzene rings is 1. The Kier molecular flexibility index (Phi) is 7.27. The lowest BCUT2D eigenvalue weighted by molar-refractivity contribution is 0.147. The third kappa shape index (κ3) is 5.32. The van der Waals surface area contributed by atoms with Crippen LogP contribution >= 0.6 is 0 Å². The predicted molar refractivity (Wildman–Crippen MR) is 111 cm³/mol. The predicted octanol–water partition coefficient (Wildman–Crippen LogP) is 2.80. The Bertz CT molecular complexity index is 709. The highest BCUT2D eigenvalue weighted by Crippen LogP contribution is 2.18. The van der Waals surface area contributed by atoms with Gasteiger partial charge in [0.05, 0.1) is 12.0 Å². The van der Waals surface area contributed by atoms with Crippen molar-refractivity contribution in [2.24, 2.45) is 4.99 Å². The molecular weight excluding hydrogens is 336 g/mol. The molecule has 1 aromatic carbocycles. The molecule has 6 heteroatoms. The van der Waals surface area contributed by atoms with Crippen molar-refractivity contribution in [1.82, 2.24) is 25.1 Å². The van der Waals surface area contributed by atoms with E-state index >= 15 is 0 Å². The summed E-state index contributed by atoms with van der Waals surface area (Å²) in [7, 11) is 1.83. The zero-order valence-electron chi connectivity index (χ0n) is 16.6. The maximum absolute atomic E-state index is 4.37. The molecule has 2 N–H and O–H groups in total. The Morgan fingerprint density at radius 2 is 2.15 bits per heavy atom. The molecule has 0 bridgehead atoms. The minimum atomic E-state index is 0.718. The zero-order chi connectivity index (χ0) is 18.9. The number of aliphatic imine (C=N–C) groups is 1. The van der Waals surface area contributed by atoms with Crippen LogP contribution in [0.5, 0.6) is 0 Å². The zero-order valence-corrected chi connectivity index (χ0v) is 16.6. The van der Waals surface area contributed by atoms with Gasteiger partial charge >= 0.3 is 0 Å². The average molecular weight is 369 g/mol. The van der Waals surface area contributed by atoms with E-state index in [-0.39, 0.29) is 0 Å². The van der Waals surface area contributed by atoms with E-state index < -0.39 is 0 Å². The molecule has 2 heterocycles. The van der Waals surface area contributed by atoms with Crippen LogP contribution in [0.3, 0.4) is 0 Å². The van der Waals surface area contributed by atoms with Gasteiger partial charge in [-0.2, -0.15) is 0 Å². The number of hydrogen-bond acceptors (Lipinski definition) is 3. The van der Waals surface area contributed by atoms with E-state index in [1.54, 1.807) is 6.20 Å². The van der Waals surface area contributed by atoms with Gasteiger partial charge in [0.25, 0.3) is 0 Å². The van der Waals surface area contributed by atoms with Gasteiger partial charge in [-0.1, -0.05) is 31.5 Å². The van der Waals surface area contributed by atoms with Crippen LogP contribution in [-0.2, 0) is 6.54 Å². The summed E-state index contributed by atoms with van der Waals surface area (Å²) in [5.41, 5.74) is 2.34. The summed E-state index contributed by atoms with van der Waals surface area (Å²) in [6.07, 6.45) is 10.9. The van der Waals surface area contributed by atoms with Crippen LogP contribution in [0.25, 0.3) is 5.69 Å². The Morgan fingerprint density at radius 3 is 2.93 bits per heavy atom. The van der Waals surface area contributed by atoms with Gasteiger partial charge in [0.15, 0.2) is 5.96 Å². The molecule has 1 aliphatic rings. The normalized spacial score (nSPS) is 18.4. The molecule has 1 unspecified atom stereocenters. The van der Waals surface area contributed by atoms with Gasteiger partial charge in [-0.3, -0.25) is 9.89 Å². The molecule has 2 aromatic rings. The van der Waals surface area contributed by atoms with Gasteiger partial charge in [-0.15, -0.1) is 0 Å². The quantitative estimate of drug-likeness (QED) is 0.583. The molecule has 1 fully saturated rings. The molecule has 1 saturated heterocycles. The van der Waals surface area contributed by atoms with E-state index in [2.05, 4.69) is 56.7 Å². The number of likely N-dealkylation sites (tertiary alicyclic amines) is 1. The highest BCUT2D eigenvalue weighted by molar-refractivity contribution is 5.79. The number of nitrogens with zero attached hydrogens (tertiary/aromatic N) is 4. The van der Waals surface area contributed by atoms with Crippen molar-refractivity contribution in [3.8, 4) is 5.69 Å². The number of guanidine groups is 1. The number of para-hydroxylation sites is 1. The molecule has 3 rings (SSSR count). The Morgan fingerprint density at radius 1 is 1.26 bits per heavy atom. The van der Waals surface area contributed by atoms with Crippen molar-refractivity contribution in [1.29, 1.82) is 0 Å². The first-order chi connectivity index (χ1) is 13.3. The number of rotatable bonds is 7. The van der Waals surface area contributed by atoms with Crippen molar-refractivity contribution < 1.29 is 0 Å². The first kappa shape index (κ1) is 19.4. The van der Waals surface area contributed by atoms with E-state index in [0.717, 1.165) is 37.3 Å². The summed E-state index contributed by atoms with van der Waals surface area (Å²) >= 11 is 0. The SMILES string of the molecule is CCC1CCCCN1CCNC(=NC)NCc1ccccc1-n1ccnc1. The van der Waals surface area contributed by atoms with Crippen molar-refractivity contribution in [2.75, 3.05) is 26.7 Å². The Hall–Kier alpha value is -2.34. The molecule has 0 radical (unpaired) electrons. The van der Waals surface area contributed by atoms with Crippen molar-refractivity contribution in [3.05, 3.63) is 48.5 Å². The van der Waals surface area contributed by atoms with Crippen LogP contribution in [0.4, 0.5) is 0 Å². The molecule has 1 atom stereocenters. The summed E-state index contributed by atoms with van der Waals surface area (Å²) in [6.45, 7) is 6.23. The van der Waals surface area contributed by atoms with E-state index in [0.29, 0.717) is 0 Å². The maximum atomic E-state index is 4.37. The molecule has 146 valence electrons. The van der Waals surface area contributed by atoms with Gasteiger partial charge in [0.1, 0.15) is 0 Å². The first-order valence-corrected chi connectivity index (χ1v) is 10.1. The summed E-state index contributed by atoms with van der Waals surface area (Å²) in [5.74, 6) is 0.848. The maximum Gasteiger partial charge on any atom is 0.191 e. The van der Waals surface area contributed by atoms with Crippen molar-refractivity contribution in [3.63, 3.8) is 0 Å². The number of nitrogens with one attached hydrogen (secondary N) is 2. The van der Waals surface area contributed by atoms with Gasteiger partial charge in [0.2, 0.25) is 0 Å². The molecular formula is C21H32N6. The van der Waals surface area contributed by atoms with E-state index in [4.69, 9.17) is 0 Å². The molecule has 1 aliphatic heterocycles. The molecule has 27 heavy (non-hydrogen) atoms. The lowest BCUT2D eigenvalue weighted by Gasteiger charge is -2.35. The molecule has 0 saturated carbocycles. The van der Waals surface area contributed by atoms with Gasteiger partial charge in [-0.05, 0) is 37.4 Å². The lowest BCUT2D eigenvalue weighted by Crippen LogP contribution is -2.45. The summed E-state index contributed by atoms with van der Waals surface area (Å²) in [4.78, 5) is 11.1. The standard InChI is InChI=1S/C21H32N6/c1-3-19-9-6-7-13-26(19)15-12-24-21(22-2)25-16-18-8-4-5-10-20(18)27-14-11-23-17-27/h4-5,8,10-11,14,17,19H,3,6-7,9,12-13,15-16H2,1-2H3,(H2,22,24,25). The van der Waals surface area contributed by atoms with Crippen LogP contribution < -0.4 is 10.6 Å². The summed E-state index contributed by atoms with van der Waals surface area (Å²) in [6, 6.07) is 9.10. The average Bonchev–Trinajstić information content (AvgIpc) is 3.25. The van der Waals surface area contributed by atoms with Gasteiger partial charge < -0.3 is 15.2 Å². The minimum absolute atomic E-state index is 0.718. The number of imidazole rings is 1. The highest BCUT2D eigenvalue weighted by Gasteiger charge is 2.19. The van der Waals surface area contributed by atoms with E-state index in [9.17, 15) is 0 Å². The second kappa shape index (κ2) is 10.1. The van der Waals surface area contributed by atoms with Gasteiger partial charge in [-0.25, -0.2) is 4.98 Å². The van der Waals surface area contributed by atoms with Crippen LogP contribution in [0.15, 0.2) is 48.0 Å². The fourth-order valence-corrected chi connectivity index (χ4v) is 3.85. The van der Waals surface area contributed by atoms with Crippen LogP contribution in [0, 0.1) is 0 Å². The number of hydrogen-bond donors (Lipinski definition) is 2. The molecule has 0 spiro atoms. The Balaban J connectivity index is 1.50. The topological polar surface area (TPSA) is 57.5 Å². The molecule has 0 aliphatic carbocycles. The third-order valence-electron chi connectivity index (χ3n) is 5.36.